The van der Waals surface area contributed by atoms with Gasteiger partial charge in [0.15, 0.2) is 0 Å². The fraction of sp³-hybridized carbons (Fsp3) is 0.250. The van der Waals surface area contributed by atoms with Gasteiger partial charge in [-0.2, -0.15) is 0 Å². The highest BCUT2D eigenvalue weighted by molar-refractivity contribution is 7.98. The number of hydrogen-bond donors (Lipinski definition) is 0. The summed E-state index contributed by atoms with van der Waals surface area (Å²) in [5, 5.41) is 0. The lowest BCUT2D eigenvalue weighted by Gasteiger charge is -1.95. The van der Waals surface area contributed by atoms with Crippen LogP contribution in [-0.4, -0.2) is 6.01 Å². The van der Waals surface area contributed by atoms with Crippen molar-refractivity contribution in [2.45, 2.75) is 5.75 Å². The maximum Gasteiger partial charge on any atom is 0.135 e. The quantitative estimate of drug-likeness (QED) is 0.646. The molecule has 0 amide bonds. The van der Waals surface area contributed by atoms with Crippen molar-refractivity contribution in [3.63, 3.8) is 0 Å². The van der Waals surface area contributed by atoms with Crippen molar-refractivity contribution in [3.05, 3.63) is 35.9 Å². The van der Waals surface area contributed by atoms with E-state index in [-0.39, 0.29) is 6.01 Å². The molecule has 0 heterocycles. The van der Waals surface area contributed by atoms with Gasteiger partial charge in [-0.25, -0.2) is 4.39 Å². The molecule has 0 spiro atoms. The van der Waals surface area contributed by atoms with E-state index in [0.717, 1.165) is 5.75 Å². The van der Waals surface area contributed by atoms with Gasteiger partial charge in [0.1, 0.15) is 6.01 Å². The Hall–Kier alpha value is -0.500. The van der Waals surface area contributed by atoms with Gasteiger partial charge in [0.25, 0.3) is 0 Å². The molecular weight excluding hydrogens is 146 g/mol. The van der Waals surface area contributed by atoms with Gasteiger partial charge in [0, 0.05) is 5.75 Å². The van der Waals surface area contributed by atoms with Gasteiger partial charge < -0.3 is 0 Å². The summed E-state index contributed by atoms with van der Waals surface area (Å²) in [6, 6.07) is 9.60. The number of rotatable bonds is 3. The van der Waals surface area contributed by atoms with Crippen molar-refractivity contribution in [1.29, 1.82) is 0 Å². The van der Waals surface area contributed by atoms with E-state index >= 15 is 0 Å². The largest absolute Gasteiger partial charge is 0.239 e. The Morgan fingerprint density at radius 2 is 1.90 bits per heavy atom. The Balaban J connectivity index is 2.43. The summed E-state index contributed by atoms with van der Waals surface area (Å²) in [5.74, 6) is 0.775. The molecule has 0 nitrogen and oxygen atoms in total. The molecule has 1 aromatic carbocycles. The predicted octanol–water partition coefficient (Wildman–Crippen LogP) is 2.85. The van der Waals surface area contributed by atoms with Gasteiger partial charge in [0.2, 0.25) is 0 Å². The molecule has 1 rings (SSSR count). The molecule has 0 aromatic heterocycles. The molecule has 0 aliphatic rings. The Morgan fingerprint density at radius 1 is 1.20 bits per heavy atom. The van der Waals surface area contributed by atoms with Crippen LogP contribution in [0.25, 0.3) is 0 Å². The first-order valence-electron chi connectivity index (χ1n) is 3.11. The standard InChI is InChI=1S/C8H9FS/c9-7-10-6-8-4-2-1-3-5-8/h1-5H,6-7H2/i9-1. The van der Waals surface area contributed by atoms with Crippen molar-refractivity contribution in [2.75, 3.05) is 6.01 Å². The van der Waals surface area contributed by atoms with Crippen molar-refractivity contribution in [1.82, 2.24) is 0 Å². The third-order valence-electron chi connectivity index (χ3n) is 1.19. The van der Waals surface area contributed by atoms with Gasteiger partial charge >= 0.3 is 0 Å². The number of thioether (sulfide) groups is 1. The Kier molecular flexibility index (Phi) is 3.30. The Labute approximate surface area is 64.4 Å². The minimum atomic E-state index is -0.297. The van der Waals surface area contributed by atoms with Crippen molar-refractivity contribution in [3.8, 4) is 0 Å². The minimum absolute atomic E-state index is 0.297. The average molecular weight is 155 g/mol. The molecule has 0 unspecified atom stereocenters. The highest BCUT2D eigenvalue weighted by atomic mass is 32.2. The van der Waals surface area contributed by atoms with E-state index in [9.17, 15) is 4.39 Å². The summed E-state index contributed by atoms with van der Waals surface area (Å²) in [6.07, 6.45) is 0. The molecule has 0 fully saturated rings. The number of halogens is 1. The molecule has 54 valence electrons. The van der Waals surface area contributed by atoms with Crippen LogP contribution in [0.15, 0.2) is 30.3 Å². The highest BCUT2D eigenvalue weighted by Crippen LogP contribution is 2.10. The first-order chi connectivity index (χ1) is 4.93. The van der Waals surface area contributed by atoms with Gasteiger partial charge in [-0.15, -0.1) is 11.8 Å². The molecule has 2 heteroatoms. The first-order valence-corrected chi connectivity index (χ1v) is 4.26. The molecule has 0 bridgehead atoms. The fourth-order valence-electron chi connectivity index (χ4n) is 0.731. The average Bonchev–Trinajstić information content (AvgIpc) is 2.03. The van der Waals surface area contributed by atoms with E-state index in [2.05, 4.69) is 0 Å². The zero-order valence-corrected chi connectivity index (χ0v) is 6.40. The Bertz CT molecular complexity index is 174. The zero-order valence-electron chi connectivity index (χ0n) is 5.59. The van der Waals surface area contributed by atoms with Crippen LogP contribution in [-0.2, 0) is 5.75 Å². The summed E-state index contributed by atoms with van der Waals surface area (Å²) in [7, 11) is 0. The molecule has 0 radical (unpaired) electrons. The van der Waals surface area contributed by atoms with Crippen LogP contribution in [0.1, 0.15) is 5.56 Å². The normalized spacial score (nSPS) is 9.70. The maximum atomic E-state index is 11.6. The highest BCUT2D eigenvalue weighted by Gasteiger charge is 1.88. The summed E-state index contributed by atoms with van der Waals surface area (Å²) < 4.78 is 11.6. The third kappa shape index (κ3) is 2.40. The van der Waals surface area contributed by atoms with E-state index in [4.69, 9.17) is 0 Å². The second-order valence-corrected chi connectivity index (χ2v) is 2.86. The van der Waals surface area contributed by atoms with Crippen LogP contribution in [0.3, 0.4) is 0 Å². The number of alkyl halides is 1. The minimum Gasteiger partial charge on any atom is -0.239 e. The summed E-state index contributed by atoms with van der Waals surface area (Å²) in [5.41, 5.74) is 1.19. The number of benzene rings is 1. The van der Waals surface area contributed by atoms with Crippen molar-refractivity contribution >= 4 is 11.8 Å². The fourth-order valence-corrected chi connectivity index (χ4v) is 1.24. The molecule has 0 saturated heterocycles. The molecule has 10 heavy (non-hydrogen) atoms. The van der Waals surface area contributed by atoms with Crippen LogP contribution in [0, 0.1) is 0 Å². The molecule has 0 atom stereocenters. The van der Waals surface area contributed by atoms with Crippen LogP contribution in [0.4, 0.5) is 4.39 Å². The Morgan fingerprint density at radius 3 is 2.50 bits per heavy atom. The lowest BCUT2D eigenvalue weighted by molar-refractivity contribution is 0.605. The molecule has 0 N–H and O–H groups in total. The summed E-state index contributed by atoms with van der Waals surface area (Å²) in [4.78, 5) is 0. The smallest absolute Gasteiger partial charge is 0.135 e. The SMILES string of the molecule is [18F]CSCc1ccccc1. The zero-order chi connectivity index (χ0) is 7.23. The van der Waals surface area contributed by atoms with E-state index in [1.165, 1.54) is 17.3 Å². The van der Waals surface area contributed by atoms with Gasteiger partial charge in [0.05, 0.1) is 0 Å². The van der Waals surface area contributed by atoms with E-state index < -0.39 is 0 Å². The monoisotopic (exact) mass is 155 g/mol. The maximum absolute atomic E-state index is 11.6. The second-order valence-electron chi connectivity index (χ2n) is 1.94. The van der Waals surface area contributed by atoms with Crippen LogP contribution in [0.5, 0.6) is 0 Å². The lowest BCUT2D eigenvalue weighted by Crippen LogP contribution is -1.77. The van der Waals surface area contributed by atoms with E-state index in [1.54, 1.807) is 0 Å². The third-order valence-corrected chi connectivity index (χ3v) is 1.88. The van der Waals surface area contributed by atoms with Crippen LogP contribution >= 0.6 is 11.8 Å². The predicted molar refractivity (Wildman–Crippen MR) is 43.7 cm³/mol. The van der Waals surface area contributed by atoms with Gasteiger partial charge in [-0.1, -0.05) is 30.3 Å². The molecule has 0 aliphatic heterocycles. The molecular formula is C8H9FS. The second kappa shape index (κ2) is 4.34. The molecule has 0 saturated carbocycles. The lowest BCUT2D eigenvalue weighted by atomic mass is 10.2. The summed E-state index contributed by atoms with van der Waals surface area (Å²) >= 11 is 1.29. The van der Waals surface area contributed by atoms with Crippen LogP contribution < -0.4 is 0 Å². The summed E-state index contributed by atoms with van der Waals surface area (Å²) in [6.45, 7) is 0. The molecule has 0 aliphatic carbocycles. The molecule has 1 aromatic rings. The van der Waals surface area contributed by atoms with Gasteiger partial charge in [-0.3, -0.25) is 0 Å². The van der Waals surface area contributed by atoms with Gasteiger partial charge in [-0.05, 0) is 5.56 Å². The van der Waals surface area contributed by atoms with E-state index in [1.807, 2.05) is 30.3 Å². The van der Waals surface area contributed by atoms with Crippen molar-refractivity contribution < 1.29 is 4.39 Å². The van der Waals surface area contributed by atoms with Crippen LogP contribution in [0.2, 0.25) is 0 Å². The topological polar surface area (TPSA) is 0 Å². The van der Waals surface area contributed by atoms with E-state index in [0.29, 0.717) is 0 Å². The number of hydrogen-bond acceptors (Lipinski definition) is 1. The van der Waals surface area contributed by atoms with Crippen molar-refractivity contribution in [2.24, 2.45) is 0 Å². The first kappa shape index (κ1) is 7.61.